The van der Waals surface area contributed by atoms with E-state index >= 15 is 0 Å². The lowest BCUT2D eigenvalue weighted by Gasteiger charge is -2.16. The Bertz CT molecular complexity index is 918. The van der Waals surface area contributed by atoms with Crippen LogP contribution in [0.2, 0.25) is 0 Å². The van der Waals surface area contributed by atoms with E-state index < -0.39 is 11.8 Å². The van der Waals surface area contributed by atoms with Crippen LogP contribution in [0.4, 0.5) is 5.69 Å². The highest BCUT2D eigenvalue weighted by Crippen LogP contribution is 2.29. The lowest BCUT2D eigenvalue weighted by molar-refractivity contribution is -0.117. The van der Waals surface area contributed by atoms with Crippen LogP contribution in [-0.4, -0.2) is 26.0 Å². The van der Waals surface area contributed by atoms with Crippen molar-refractivity contribution in [2.45, 2.75) is 13.8 Å². The first-order valence-electron chi connectivity index (χ1n) is 8.11. The minimum atomic E-state index is -0.460. The molecule has 0 atom stereocenters. The van der Waals surface area contributed by atoms with Gasteiger partial charge in [-0.1, -0.05) is 6.07 Å². The molecule has 134 valence electrons. The molecule has 0 aromatic heterocycles. The molecule has 0 unspecified atom stereocenters. The topological polar surface area (TPSA) is 67.9 Å². The van der Waals surface area contributed by atoms with Crippen molar-refractivity contribution < 1.29 is 19.1 Å². The molecule has 1 fully saturated rings. The van der Waals surface area contributed by atoms with E-state index in [-0.39, 0.29) is 5.57 Å². The first kappa shape index (κ1) is 17.5. The fourth-order valence-corrected chi connectivity index (χ4v) is 2.71. The molecule has 2 amide bonds. The van der Waals surface area contributed by atoms with Gasteiger partial charge in [0.1, 0.15) is 17.1 Å². The molecule has 1 heterocycles. The SMILES string of the molecule is COc1ccc(OC)c(C=C2C(=O)NN(c3ccc(C)c(C)c3)C2=O)c1. The number of carbonyl (C=O) groups excluding carboxylic acids is 2. The quantitative estimate of drug-likeness (QED) is 0.679. The van der Waals surface area contributed by atoms with E-state index in [9.17, 15) is 9.59 Å². The molecule has 0 radical (unpaired) electrons. The highest BCUT2D eigenvalue weighted by Gasteiger charge is 2.34. The second kappa shape index (κ2) is 6.92. The first-order chi connectivity index (χ1) is 12.4. The van der Waals surface area contributed by atoms with Crippen molar-refractivity contribution in [3.05, 3.63) is 58.7 Å². The van der Waals surface area contributed by atoms with Crippen LogP contribution in [0, 0.1) is 13.8 Å². The molecule has 0 aliphatic carbocycles. The monoisotopic (exact) mass is 352 g/mol. The molecule has 3 rings (SSSR count). The number of aryl methyl sites for hydroxylation is 2. The van der Waals surface area contributed by atoms with Crippen molar-refractivity contribution in [2.24, 2.45) is 0 Å². The Morgan fingerprint density at radius 3 is 2.38 bits per heavy atom. The summed E-state index contributed by atoms with van der Waals surface area (Å²) >= 11 is 0. The predicted molar refractivity (Wildman–Crippen MR) is 99.1 cm³/mol. The number of hydrogen-bond donors (Lipinski definition) is 1. The van der Waals surface area contributed by atoms with Crippen LogP contribution in [0.25, 0.3) is 6.08 Å². The number of carbonyl (C=O) groups is 2. The van der Waals surface area contributed by atoms with E-state index in [0.717, 1.165) is 11.1 Å². The summed E-state index contributed by atoms with van der Waals surface area (Å²) in [5.74, 6) is 0.277. The number of anilines is 1. The molecule has 1 aliphatic rings. The van der Waals surface area contributed by atoms with Gasteiger partial charge < -0.3 is 9.47 Å². The number of hydrazine groups is 1. The number of rotatable bonds is 4. The van der Waals surface area contributed by atoms with Gasteiger partial charge in [0, 0.05) is 5.56 Å². The Hall–Kier alpha value is -3.28. The molecule has 6 nitrogen and oxygen atoms in total. The lowest BCUT2D eigenvalue weighted by Crippen LogP contribution is -2.35. The summed E-state index contributed by atoms with van der Waals surface area (Å²) in [4.78, 5) is 25.1. The van der Waals surface area contributed by atoms with E-state index in [1.54, 1.807) is 31.4 Å². The maximum atomic E-state index is 12.8. The molecule has 2 aromatic rings. The fraction of sp³-hybridized carbons (Fsp3) is 0.200. The standard InChI is InChI=1S/C20H20N2O4/c1-12-5-6-15(9-13(12)2)22-20(24)17(19(23)21-22)11-14-10-16(25-3)7-8-18(14)26-4/h5-11H,1-4H3,(H,21,23). The Kier molecular flexibility index (Phi) is 4.67. The van der Waals surface area contributed by atoms with Crippen LogP contribution in [0.5, 0.6) is 11.5 Å². The second-order valence-corrected chi connectivity index (χ2v) is 6.02. The predicted octanol–water partition coefficient (Wildman–Crippen LogP) is 2.78. The average molecular weight is 352 g/mol. The van der Waals surface area contributed by atoms with Crippen molar-refractivity contribution in [1.29, 1.82) is 0 Å². The van der Waals surface area contributed by atoms with Crippen molar-refractivity contribution in [3.63, 3.8) is 0 Å². The Morgan fingerprint density at radius 1 is 0.962 bits per heavy atom. The van der Waals surface area contributed by atoms with E-state index in [1.165, 1.54) is 18.2 Å². The maximum absolute atomic E-state index is 12.8. The highest BCUT2D eigenvalue weighted by molar-refractivity contribution is 6.31. The van der Waals surface area contributed by atoms with E-state index in [4.69, 9.17) is 9.47 Å². The third-order valence-electron chi connectivity index (χ3n) is 4.38. The highest BCUT2D eigenvalue weighted by atomic mass is 16.5. The van der Waals surface area contributed by atoms with Gasteiger partial charge in [-0.15, -0.1) is 0 Å². The van der Waals surface area contributed by atoms with Crippen LogP contribution < -0.4 is 19.9 Å². The molecule has 0 spiro atoms. The molecule has 0 saturated carbocycles. The number of nitrogens with zero attached hydrogens (tertiary/aromatic N) is 1. The second-order valence-electron chi connectivity index (χ2n) is 6.02. The van der Waals surface area contributed by atoms with Gasteiger partial charge in [0.2, 0.25) is 0 Å². The van der Waals surface area contributed by atoms with Crippen molar-refractivity contribution in [2.75, 3.05) is 19.2 Å². The zero-order valence-electron chi connectivity index (χ0n) is 15.1. The number of ether oxygens (including phenoxy) is 2. The molecule has 1 N–H and O–H groups in total. The summed E-state index contributed by atoms with van der Waals surface area (Å²) in [5.41, 5.74) is 6.01. The summed E-state index contributed by atoms with van der Waals surface area (Å²) in [6, 6.07) is 10.8. The average Bonchev–Trinajstić information content (AvgIpc) is 2.92. The molecular weight excluding hydrogens is 332 g/mol. The normalized spacial score (nSPS) is 15.4. The van der Waals surface area contributed by atoms with Gasteiger partial charge in [0.25, 0.3) is 11.8 Å². The summed E-state index contributed by atoms with van der Waals surface area (Å²) < 4.78 is 10.5. The minimum Gasteiger partial charge on any atom is -0.497 e. The summed E-state index contributed by atoms with van der Waals surface area (Å²) in [6.45, 7) is 3.95. The first-order valence-corrected chi connectivity index (χ1v) is 8.11. The fourth-order valence-electron chi connectivity index (χ4n) is 2.71. The lowest BCUT2D eigenvalue weighted by atomic mass is 10.1. The van der Waals surface area contributed by atoms with Gasteiger partial charge in [-0.05, 0) is 61.4 Å². The van der Waals surface area contributed by atoms with E-state index in [1.807, 2.05) is 26.0 Å². The third-order valence-corrected chi connectivity index (χ3v) is 4.38. The van der Waals surface area contributed by atoms with Crippen molar-refractivity contribution >= 4 is 23.6 Å². The van der Waals surface area contributed by atoms with Gasteiger partial charge in [0.15, 0.2) is 0 Å². The summed E-state index contributed by atoms with van der Waals surface area (Å²) in [6.07, 6.45) is 1.51. The number of hydrogen-bond acceptors (Lipinski definition) is 4. The van der Waals surface area contributed by atoms with Gasteiger partial charge in [-0.25, -0.2) is 5.01 Å². The number of benzene rings is 2. The number of nitrogens with one attached hydrogen (secondary N) is 1. The van der Waals surface area contributed by atoms with Gasteiger partial charge in [-0.2, -0.15) is 0 Å². The van der Waals surface area contributed by atoms with E-state index in [0.29, 0.717) is 22.7 Å². The van der Waals surface area contributed by atoms with Crippen LogP contribution >= 0.6 is 0 Å². The van der Waals surface area contributed by atoms with Crippen LogP contribution in [0.1, 0.15) is 16.7 Å². The number of amides is 2. The van der Waals surface area contributed by atoms with Crippen molar-refractivity contribution in [3.8, 4) is 11.5 Å². The molecule has 26 heavy (non-hydrogen) atoms. The smallest absolute Gasteiger partial charge is 0.282 e. The van der Waals surface area contributed by atoms with Crippen molar-refractivity contribution in [1.82, 2.24) is 5.43 Å². The van der Waals surface area contributed by atoms with Crippen LogP contribution in [0.3, 0.4) is 0 Å². The molecule has 6 heteroatoms. The van der Waals surface area contributed by atoms with Gasteiger partial charge in [0.05, 0.1) is 19.9 Å². The third kappa shape index (κ3) is 3.13. The maximum Gasteiger partial charge on any atom is 0.282 e. The molecule has 0 bridgehead atoms. The zero-order valence-corrected chi connectivity index (χ0v) is 15.1. The summed E-state index contributed by atoms with van der Waals surface area (Å²) in [5, 5.41) is 1.26. The van der Waals surface area contributed by atoms with Gasteiger partial charge >= 0.3 is 0 Å². The minimum absolute atomic E-state index is 0.0368. The Balaban J connectivity index is 1.99. The Labute approximate surface area is 152 Å². The van der Waals surface area contributed by atoms with Crippen LogP contribution in [-0.2, 0) is 9.59 Å². The van der Waals surface area contributed by atoms with Gasteiger partial charge in [-0.3, -0.25) is 15.0 Å². The molecule has 1 aliphatic heterocycles. The number of methoxy groups -OCH3 is 2. The Morgan fingerprint density at radius 2 is 1.73 bits per heavy atom. The van der Waals surface area contributed by atoms with Crippen LogP contribution in [0.15, 0.2) is 42.0 Å². The molecule has 2 aromatic carbocycles. The van der Waals surface area contributed by atoms with E-state index in [2.05, 4.69) is 5.43 Å². The molecular formula is C20H20N2O4. The zero-order chi connectivity index (χ0) is 18.8. The molecule has 1 saturated heterocycles. The largest absolute Gasteiger partial charge is 0.497 e. The summed E-state index contributed by atoms with van der Waals surface area (Å²) in [7, 11) is 3.08.